The van der Waals surface area contributed by atoms with E-state index in [4.69, 9.17) is 5.73 Å². The van der Waals surface area contributed by atoms with Crippen LogP contribution in [-0.2, 0) is 16.0 Å². The molecule has 4 N–H and O–H groups in total. The molecular weight excluding hydrogens is 230 g/mol. The van der Waals surface area contributed by atoms with Crippen molar-refractivity contribution in [1.82, 2.24) is 0 Å². The Bertz CT molecular complexity index is 483. The largest absolute Gasteiger partial charge is 0.326 e. The minimum Gasteiger partial charge on any atom is -0.326 e. The molecule has 0 aliphatic carbocycles. The lowest BCUT2D eigenvalue weighted by Crippen LogP contribution is -2.32. The van der Waals surface area contributed by atoms with E-state index in [9.17, 15) is 9.59 Å². The van der Waals surface area contributed by atoms with Gasteiger partial charge in [0.15, 0.2) is 0 Å². The van der Waals surface area contributed by atoms with E-state index in [1.807, 2.05) is 12.1 Å². The second-order valence-corrected chi connectivity index (χ2v) is 4.55. The molecule has 1 heterocycles. The number of amides is 2. The quantitative estimate of drug-likeness (QED) is 0.735. The number of rotatable bonds is 2. The van der Waals surface area contributed by atoms with Gasteiger partial charge >= 0.3 is 0 Å². The van der Waals surface area contributed by atoms with Crippen molar-refractivity contribution in [2.75, 3.05) is 10.6 Å². The maximum atomic E-state index is 11.5. The lowest BCUT2D eigenvalue weighted by molar-refractivity contribution is -0.117. The van der Waals surface area contributed by atoms with E-state index in [0.29, 0.717) is 12.1 Å². The number of anilines is 2. The van der Waals surface area contributed by atoms with Gasteiger partial charge in [0.2, 0.25) is 11.8 Å². The molecule has 0 radical (unpaired) electrons. The molecule has 1 aromatic carbocycles. The van der Waals surface area contributed by atoms with Crippen LogP contribution in [0.3, 0.4) is 0 Å². The summed E-state index contributed by atoms with van der Waals surface area (Å²) in [6, 6.07) is 4.94. The number of aryl methyl sites for hydroxylation is 1. The number of hydrogen-bond acceptors (Lipinski definition) is 3. The molecule has 1 aromatic rings. The van der Waals surface area contributed by atoms with Gasteiger partial charge in [-0.3, -0.25) is 9.59 Å². The van der Waals surface area contributed by atoms with Crippen molar-refractivity contribution in [3.8, 4) is 0 Å². The maximum absolute atomic E-state index is 11.5. The molecule has 18 heavy (non-hydrogen) atoms. The summed E-state index contributed by atoms with van der Waals surface area (Å²) in [5, 5.41) is 5.60. The van der Waals surface area contributed by atoms with Crippen molar-refractivity contribution in [2.24, 2.45) is 5.73 Å². The zero-order valence-corrected chi connectivity index (χ0v) is 10.3. The Hall–Kier alpha value is -1.88. The van der Waals surface area contributed by atoms with Crippen LogP contribution in [-0.4, -0.2) is 17.9 Å². The van der Waals surface area contributed by atoms with E-state index in [2.05, 4.69) is 10.6 Å². The van der Waals surface area contributed by atoms with Gasteiger partial charge in [0.1, 0.15) is 0 Å². The molecule has 1 aliphatic heterocycles. The van der Waals surface area contributed by atoms with E-state index >= 15 is 0 Å². The van der Waals surface area contributed by atoms with Crippen molar-refractivity contribution in [2.45, 2.75) is 32.2 Å². The van der Waals surface area contributed by atoms with Crippen LogP contribution in [0, 0.1) is 0 Å². The summed E-state index contributed by atoms with van der Waals surface area (Å²) in [4.78, 5) is 22.9. The Morgan fingerprint density at radius 3 is 2.94 bits per heavy atom. The average molecular weight is 247 g/mol. The van der Waals surface area contributed by atoms with Gasteiger partial charge in [-0.15, -0.1) is 0 Å². The van der Waals surface area contributed by atoms with Crippen molar-refractivity contribution in [1.29, 1.82) is 0 Å². The predicted octanol–water partition coefficient (Wildman–Crippen LogP) is 1.25. The Morgan fingerprint density at radius 1 is 1.44 bits per heavy atom. The molecule has 2 amide bonds. The van der Waals surface area contributed by atoms with Gasteiger partial charge in [-0.25, -0.2) is 0 Å². The fraction of sp³-hybridized carbons (Fsp3) is 0.385. The number of benzene rings is 1. The van der Waals surface area contributed by atoms with Gasteiger partial charge in [0, 0.05) is 17.8 Å². The van der Waals surface area contributed by atoms with Crippen molar-refractivity contribution < 1.29 is 9.59 Å². The first-order chi connectivity index (χ1) is 8.56. The van der Waals surface area contributed by atoms with Crippen LogP contribution >= 0.6 is 0 Å². The molecule has 0 saturated carbocycles. The van der Waals surface area contributed by atoms with Gasteiger partial charge in [0.05, 0.1) is 6.04 Å². The molecule has 96 valence electrons. The van der Waals surface area contributed by atoms with Crippen molar-refractivity contribution in [3.05, 3.63) is 23.8 Å². The smallest absolute Gasteiger partial charge is 0.240 e. The molecular formula is C13H17N3O2. The summed E-state index contributed by atoms with van der Waals surface area (Å²) >= 11 is 0. The molecule has 0 spiro atoms. The Labute approximate surface area is 106 Å². The fourth-order valence-electron chi connectivity index (χ4n) is 1.91. The van der Waals surface area contributed by atoms with E-state index in [-0.39, 0.29) is 11.8 Å². The van der Waals surface area contributed by atoms with Crippen LogP contribution in [0.4, 0.5) is 11.4 Å². The van der Waals surface area contributed by atoms with Gasteiger partial charge < -0.3 is 16.4 Å². The van der Waals surface area contributed by atoms with Gasteiger partial charge in [0.25, 0.3) is 0 Å². The zero-order chi connectivity index (χ0) is 13.1. The van der Waals surface area contributed by atoms with Gasteiger partial charge in [-0.1, -0.05) is 0 Å². The highest BCUT2D eigenvalue weighted by molar-refractivity contribution is 5.96. The number of carbonyl (C=O) groups is 2. The molecule has 0 fully saturated rings. The standard InChI is InChI=1S/C13H17N3O2/c1-8(14)13(18)15-10-5-6-11-9(7-10)3-2-4-12(17)16-11/h5-8H,2-4,14H2,1H3,(H,15,18)(H,16,17)/t8-/m0/s1. The Morgan fingerprint density at radius 2 is 2.22 bits per heavy atom. The SMILES string of the molecule is C[C@H](N)C(=O)Nc1ccc2c(c1)CCCC(=O)N2. The van der Waals surface area contributed by atoms with Crippen LogP contribution in [0.25, 0.3) is 0 Å². The van der Waals surface area contributed by atoms with Gasteiger partial charge in [-0.05, 0) is 43.5 Å². The third-order valence-electron chi connectivity index (χ3n) is 2.91. The Balaban J connectivity index is 2.19. The summed E-state index contributed by atoms with van der Waals surface area (Å²) in [5.41, 5.74) is 8.09. The molecule has 5 heteroatoms. The monoisotopic (exact) mass is 247 g/mol. The third kappa shape index (κ3) is 2.87. The summed E-state index contributed by atoms with van der Waals surface area (Å²) in [6.45, 7) is 1.64. The highest BCUT2D eigenvalue weighted by Crippen LogP contribution is 2.25. The molecule has 1 atom stereocenters. The topological polar surface area (TPSA) is 84.2 Å². The van der Waals surface area contributed by atoms with Crippen LogP contribution in [0.5, 0.6) is 0 Å². The highest BCUT2D eigenvalue weighted by atomic mass is 16.2. The van der Waals surface area contributed by atoms with E-state index in [1.54, 1.807) is 13.0 Å². The maximum Gasteiger partial charge on any atom is 0.240 e. The molecule has 0 bridgehead atoms. The van der Waals surface area contributed by atoms with Crippen molar-refractivity contribution in [3.63, 3.8) is 0 Å². The lowest BCUT2D eigenvalue weighted by atomic mass is 10.1. The minimum absolute atomic E-state index is 0.0427. The van der Waals surface area contributed by atoms with Crippen LogP contribution in [0.1, 0.15) is 25.3 Å². The summed E-state index contributed by atoms with van der Waals surface area (Å²) < 4.78 is 0. The zero-order valence-electron chi connectivity index (χ0n) is 10.3. The van der Waals surface area contributed by atoms with E-state index < -0.39 is 6.04 Å². The van der Waals surface area contributed by atoms with E-state index in [1.165, 1.54) is 0 Å². The van der Waals surface area contributed by atoms with Crippen LogP contribution < -0.4 is 16.4 Å². The first kappa shape index (κ1) is 12.6. The van der Waals surface area contributed by atoms with Crippen molar-refractivity contribution >= 4 is 23.2 Å². The molecule has 1 aliphatic rings. The van der Waals surface area contributed by atoms with Crippen LogP contribution in [0.2, 0.25) is 0 Å². The second kappa shape index (κ2) is 5.18. The summed E-state index contributed by atoms with van der Waals surface area (Å²) in [7, 11) is 0. The molecule has 0 saturated heterocycles. The number of fused-ring (bicyclic) bond motifs is 1. The molecule has 0 aromatic heterocycles. The minimum atomic E-state index is -0.538. The summed E-state index contributed by atoms with van der Waals surface area (Å²) in [6.07, 6.45) is 2.19. The first-order valence-electron chi connectivity index (χ1n) is 6.05. The molecule has 0 unspecified atom stereocenters. The fourth-order valence-corrected chi connectivity index (χ4v) is 1.91. The number of hydrogen-bond donors (Lipinski definition) is 3. The third-order valence-corrected chi connectivity index (χ3v) is 2.91. The summed E-state index contributed by atoms with van der Waals surface area (Å²) in [5.74, 6) is -0.172. The number of carbonyl (C=O) groups excluding carboxylic acids is 2. The van der Waals surface area contributed by atoms with E-state index in [0.717, 1.165) is 24.1 Å². The first-order valence-corrected chi connectivity index (χ1v) is 6.05. The van der Waals surface area contributed by atoms with Gasteiger partial charge in [-0.2, -0.15) is 0 Å². The lowest BCUT2D eigenvalue weighted by Gasteiger charge is -2.11. The number of nitrogens with one attached hydrogen (secondary N) is 2. The molecule has 5 nitrogen and oxygen atoms in total. The average Bonchev–Trinajstić information content (AvgIpc) is 2.49. The molecule has 2 rings (SSSR count). The van der Waals surface area contributed by atoms with Crippen LogP contribution in [0.15, 0.2) is 18.2 Å². The second-order valence-electron chi connectivity index (χ2n) is 4.55. The number of nitrogens with two attached hydrogens (primary N) is 1. The highest BCUT2D eigenvalue weighted by Gasteiger charge is 2.14. The normalized spacial score (nSPS) is 16.2. The predicted molar refractivity (Wildman–Crippen MR) is 70.3 cm³/mol. The Kier molecular flexibility index (Phi) is 3.62.